The highest BCUT2D eigenvalue weighted by molar-refractivity contribution is 5.94. The Hall–Kier alpha value is -3.60. The van der Waals surface area contributed by atoms with Crippen LogP contribution in [0.25, 0.3) is 11.6 Å². The lowest BCUT2D eigenvalue weighted by molar-refractivity contribution is 0.646. The molecule has 2 heterocycles. The molecule has 0 bridgehead atoms. The molecule has 0 saturated heterocycles. The van der Waals surface area contributed by atoms with Crippen LogP contribution in [-0.4, -0.2) is 23.5 Å². The lowest BCUT2D eigenvalue weighted by Crippen LogP contribution is -2.28. The fourth-order valence-electron chi connectivity index (χ4n) is 3.77. The van der Waals surface area contributed by atoms with Crippen LogP contribution in [0.4, 0.5) is 0 Å². The van der Waals surface area contributed by atoms with Gasteiger partial charge in [-0.1, -0.05) is 60.7 Å². The molecule has 1 unspecified atom stereocenters. The highest BCUT2D eigenvalue weighted by Gasteiger charge is 2.18. The monoisotopic (exact) mass is 409 g/mol. The summed E-state index contributed by atoms with van der Waals surface area (Å²) in [4.78, 5) is 8.49. The number of nitrogens with one attached hydrogen (secondary N) is 1. The third-order valence-electron chi connectivity index (χ3n) is 5.34. The Morgan fingerprint density at radius 1 is 1.06 bits per heavy atom. The van der Waals surface area contributed by atoms with Crippen LogP contribution in [0.2, 0.25) is 0 Å². The molecule has 5 nitrogen and oxygen atoms in total. The van der Waals surface area contributed by atoms with E-state index in [0.29, 0.717) is 12.5 Å². The first kappa shape index (κ1) is 20.7. The first-order valence-electron chi connectivity index (χ1n) is 10.7. The third kappa shape index (κ3) is 5.51. The van der Waals surface area contributed by atoms with Crippen LogP contribution in [0.15, 0.2) is 100 Å². The topological polar surface area (TPSA) is 62.0 Å². The number of azo groups is 1. The molecule has 5 heteroatoms. The summed E-state index contributed by atoms with van der Waals surface area (Å²) in [5.41, 5.74) is 6.27. The molecular weight excluding hydrogens is 382 g/mol. The highest BCUT2D eigenvalue weighted by atomic mass is 15.2. The largest absolute Gasteiger partial charge is 0.381 e. The van der Waals surface area contributed by atoms with Gasteiger partial charge in [0.15, 0.2) is 12.5 Å². The molecular formula is C26H27N5. The summed E-state index contributed by atoms with van der Waals surface area (Å²) in [6.45, 7) is 2.48. The number of nitrogens with zero attached hydrogens (tertiary/aromatic N) is 4. The molecule has 2 aromatic rings. The van der Waals surface area contributed by atoms with Crippen LogP contribution in [0.1, 0.15) is 36.5 Å². The average Bonchev–Trinajstić information content (AvgIpc) is 3.34. The molecule has 31 heavy (non-hydrogen) atoms. The van der Waals surface area contributed by atoms with Gasteiger partial charge in [0, 0.05) is 29.7 Å². The van der Waals surface area contributed by atoms with Crippen LogP contribution < -0.4 is 5.32 Å². The number of allylic oxidation sites excluding steroid dienone is 4. The summed E-state index contributed by atoms with van der Waals surface area (Å²) < 4.78 is 0. The minimum absolute atomic E-state index is 0.150. The van der Waals surface area contributed by atoms with E-state index in [9.17, 15) is 0 Å². The summed E-state index contributed by atoms with van der Waals surface area (Å²) in [7, 11) is 0. The van der Waals surface area contributed by atoms with E-state index in [1.807, 2.05) is 25.3 Å². The van der Waals surface area contributed by atoms with Crippen LogP contribution in [0, 0.1) is 0 Å². The van der Waals surface area contributed by atoms with E-state index < -0.39 is 0 Å². The molecule has 1 aliphatic carbocycles. The van der Waals surface area contributed by atoms with Crippen molar-refractivity contribution in [3.05, 3.63) is 102 Å². The molecule has 4 rings (SSSR count). The zero-order valence-corrected chi connectivity index (χ0v) is 17.8. The zero-order valence-electron chi connectivity index (χ0n) is 17.8. The molecule has 0 fully saturated rings. The summed E-state index contributed by atoms with van der Waals surface area (Å²) in [6, 6.07) is 12.8. The van der Waals surface area contributed by atoms with Crippen molar-refractivity contribution in [1.29, 1.82) is 0 Å². The smallest absolute Gasteiger partial charge is 0.171 e. The van der Waals surface area contributed by atoms with Gasteiger partial charge >= 0.3 is 0 Å². The molecule has 1 N–H and O–H groups in total. The quantitative estimate of drug-likeness (QED) is 0.564. The Labute approximate surface area is 183 Å². The first-order valence-corrected chi connectivity index (χ1v) is 10.7. The number of hydrogen-bond donors (Lipinski definition) is 1. The minimum Gasteiger partial charge on any atom is -0.381 e. The van der Waals surface area contributed by atoms with Crippen LogP contribution in [0.3, 0.4) is 0 Å². The maximum absolute atomic E-state index is 4.26. The molecule has 1 atom stereocenters. The SMILES string of the molecule is C/C=C\CC(/C=C/C1=NCN=N1)NC1=C(/C=C/c2cccnc2)c2ccccc2CC1. The number of aliphatic imine (C=N–C) groups is 1. The Kier molecular flexibility index (Phi) is 6.96. The van der Waals surface area contributed by atoms with E-state index in [0.717, 1.165) is 24.8 Å². The molecule has 0 saturated carbocycles. The molecule has 1 aliphatic heterocycles. The Morgan fingerprint density at radius 2 is 2.00 bits per heavy atom. The molecule has 2 aliphatic rings. The molecule has 0 amide bonds. The number of aromatic nitrogens is 1. The predicted octanol–water partition coefficient (Wildman–Crippen LogP) is 5.75. The van der Waals surface area contributed by atoms with Gasteiger partial charge in [0.25, 0.3) is 0 Å². The Morgan fingerprint density at radius 3 is 2.81 bits per heavy atom. The minimum atomic E-state index is 0.150. The van der Waals surface area contributed by atoms with Crippen molar-refractivity contribution in [2.45, 2.75) is 32.2 Å². The maximum atomic E-state index is 4.26. The number of fused-ring (bicyclic) bond motifs is 1. The average molecular weight is 410 g/mol. The van der Waals surface area contributed by atoms with E-state index in [-0.39, 0.29) is 6.04 Å². The van der Waals surface area contributed by atoms with Crippen molar-refractivity contribution in [2.24, 2.45) is 15.2 Å². The van der Waals surface area contributed by atoms with E-state index in [2.05, 4.69) is 86.2 Å². The molecule has 1 aromatic carbocycles. The van der Waals surface area contributed by atoms with Gasteiger partial charge in [0.1, 0.15) is 0 Å². The van der Waals surface area contributed by atoms with Crippen molar-refractivity contribution >= 4 is 17.5 Å². The number of pyridine rings is 1. The fraction of sp³-hybridized carbons (Fsp3) is 0.231. The summed E-state index contributed by atoms with van der Waals surface area (Å²) in [6.07, 6.45) is 19.3. The first-order chi connectivity index (χ1) is 15.3. The van der Waals surface area contributed by atoms with Gasteiger partial charge in [-0.15, -0.1) is 5.11 Å². The van der Waals surface area contributed by atoms with E-state index in [1.165, 1.54) is 22.4 Å². The van der Waals surface area contributed by atoms with Gasteiger partial charge in [0.2, 0.25) is 0 Å². The predicted molar refractivity (Wildman–Crippen MR) is 128 cm³/mol. The lowest BCUT2D eigenvalue weighted by Gasteiger charge is -2.26. The van der Waals surface area contributed by atoms with Crippen molar-refractivity contribution < 1.29 is 0 Å². The number of hydrogen-bond acceptors (Lipinski definition) is 5. The zero-order chi connectivity index (χ0) is 21.3. The van der Waals surface area contributed by atoms with Crippen molar-refractivity contribution in [1.82, 2.24) is 10.3 Å². The fourth-order valence-corrected chi connectivity index (χ4v) is 3.77. The second kappa shape index (κ2) is 10.4. The van der Waals surface area contributed by atoms with E-state index >= 15 is 0 Å². The molecule has 156 valence electrons. The van der Waals surface area contributed by atoms with Gasteiger partial charge in [0.05, 0.1) is 0 Å². The van der Waals surface area contributed by atoms with Gasteiger partial charge in [-0.05, 0) is 55.0 Å². The van der Waals surface area contributed by atoms with Gasteiger partial charge in [-0.2, -0.15) is 5.11 Å². The van der Waals surface area contributed by atoms with E-state index in [1.54, 1.807) is 6.20 Å². The number of benzene rings is 1. The highest BCUT2D eigenvalue weighted by Crippen LogP contribution is 2.32. The number of rotatable bonds is 8. The maximum Gasteiger partial charge on any atom is 0.171 e. The second-order valence-corrected chi connectivity index (χ2v) is 7.48. The second-order valence-electron chi connectivity index (χ2n) is 7.48. The van der Waals surface area contributed by atoms with Crippen molar-refractivity contribution in [3.63, 3.8) is 0 Å². The standard InChI is InChI=1S/C26H27N5/c1-2-3-9-22(13-16-26-28-19-29-31-26)30-25-15-12-21-8-4-5-10-23(21)24(25)14-11-20-7-6-17-27-18-20/h2-8,10-11,13-14,16-18,22,30H,9,12,15,19H2,1H3/b3-2-,14-11+,16-13+. The van der Waals surface area contributed by atoms with Crippen molar-refractivity contribution in [2.75, 3.05) is 6.67 Å². The van der Waals surface area contributed by atoms with Crippen LogP contribution in [-0.2, 0) is 6.42 Å². The lowest BCUT2D eigenvalue weighted by atomic mass is 9.87. The van der Waals surface area contributed by atoms with E-state index in [4.69, 9.17) is 0 Å². The summed E-state index contributed by atoms with van der Waals surface area (Å²) in [5, 5.41) is 11.8. The van der Waals surface area contributed by atoms with Crippen LogP contribution in [0.5, 0.6) is 0 Å². The summed E-state index contributed by atoms with van der Waals surface area (Å²) >= 11 is 0. The molecule has 0 spiro atoms. The van der Waals surface area contributed by atoms with Crippen LogP contribution >= 0.6 is 0 Å². The third-order valence-corrected chi connectivity index (χ3v) is 5.34. The normalized spacial score (nSPS) is 17.0. The number of aryl methyl sites for hydroxylation is 1. The Bertz CT molecular complexity index is 1070. The van der Waals surface area contributed by atoms with Gasteiger partial charge in [-0.25, -0.2) is 4.99 Å². The molecule has 1 aromatic heterocycles. The van der Waals surface area contributed by atoms with Gasteiger partial charge in [-0.3, -0.25) is 4.98 Å². The number of amidine groups is 1. The van der Waals surface area contributed by atoms with Gasteiger partial charge < -0.3 is 5.32 Å². The van der Waals surface area contributed by atoms with Crippen molar-refractivity contribution in [3.8, 4) is 0 Å². The molecule has 0 radical (unpaired) electrons. The summed E-state index contributed by atoms with van der Waals surface area (Å²) in [5.74, 6) is 0.687. The Balaban J connectivity index is 1.65.